The van der Waals surface area contributed by atoms with Crippen LogP contribution < -0.4 is 5.73 Å². The molecule has 0 saturated heterocycles. The van der Waals surface area contributed by atoms with Crippen LogP contribution in [0.1, 0.15) is 0 Å². The second-order valence-corrected chi connectivity index (χ2v) is 4.50. The topological polar surface area (TPSA) is 64.7 Å². The maximum atomic E-state index is 5.59. The molecule has 0 aliphatic heterocycles. The van der Waals surface area contributed by atoms with Gasteiger partial charge >= 0.3 is 0 Å². The Morgan fingerprint density at radius 2 is 1.93 bits per heavy atom. The first-order valence-electron chi connectivity index (χ1n) is 4.11. The fourth-order valence-electron chi connectivity index (χ4n) is 0.940. The van der Waals surface area contributed by atoms with Gasteiger partial charge in [-0.25, -0.2) is 15.0 Å². The number of hydrogen-bond donors (Lipinski definition) is 1. The third kappa shape index (κ3) is 2.66. The summed E-state index contributed by atoms with van der Waals surface area (Å²) in [5.74, 6) is 0. The van der Waals surface area contributed by atoms with Crippen molar-refractivity contribution in [1.29, 1.82) is 0 Å². The van der Waals surface area contributed by atoms with Crippen LogP contribution in [0.5, 0.6) is 0 Å². The molecule has 0 aliphatic rings. The van der Waals surface area contributed by atoms with Gasteiger partial charge in [-0.05, 0) is 39.8 Å². The molecule has 4 nitrogen and oxygen atoms in total. The van der Waals surface area contributed by atoms with Crippen molar-refractivity contribution in [2.45, 2.75) is 10.2 Å². The highest BCUT2D eigenvalue weighted by Gasteiger charge is 2.05. The molecule has 0 unspecified atom stereocenters. The van der Waals surface area contributed by atoms with Crippen molar-refractivity contribution < 1.29 is 0 Å². The maximum absolute atomic E-state index is 5.59. The van der Waals surface area contributed by atoms with E-state index in [0.717, 1.165) is 9.50 Å². The van der Waals surface area contributed by atoms with Crippen molar-refractivity contribution in [3.63, 3.8) is 0 Å². The number of aromatic nitrogens is 3. The molecule has 0 spiro atoms. The van der Waals surface area contributed by atoms with Gasteiger partial charge in [-0.1, -0.05) is 0 Å². The summed E-state index contributed by atoms with van der Waals surface area (Å²) < 4.78 is 0.847. The fourth-order valence-corrected chi connectivity index (χ4v) is 2.21. The number of anilines is 1. The molecule has 2 rings (SSSR count). The van der Waals surface area contributed by atoms with E-state index in [2.05, 4.69) is 30.9 Å². The van der Waals surface area contributed by atoms with Crippen LogP contribution >= 0.6 is 27.7 Å². The predicted molar refractivity (Wildman–Crippen MR) is 62.5 cm³/mol. The summed E-state index contributed by atoms with van der Waals surface area (Å²) in [5.41, 5.74) is 6.21. The normalized spacial score (nSPS) is 10.2. The van der Waals surface area contributed by atoms with Crippen LogP contribution in [0, 0.1) is 0 Å². The van der Waals surface area contributed by atoms with Crippen LogP contribution in [0.3, 0.4) is 0 Å². The Balaban J connectivity index is 2.25. The Morgan fingerprint density at radius 3 is 2.60 bits per heavy atom. The van der Waals surface area contributed by atoms with E-state index >= 15 is 0 Å². The first kappa shape index (κ1) is 10.4. The molecule has 15 heavy (non-hydrogen) atoms. The average Bonchev–Trinajstić information content (AvgIpc) is 2.24. The van der Waals surface area contributed by atoms with Gasteiger partial charge in [0.05, 0.1) is 16.4 Å². The van der Waals surface area contributed by atoms with Crippen molar-refractivity contribution in [2.75, 3.05) is 5.73 Å². The number of nitrogens with zero attached hydrogens (tertiary/aromatic N) is 3. The molecule has 2 heterocycles. The molecule has 2 N–H and O–H groups in total. The van der Waals surface area contributed by atoms with E-state index in [1.165, 1.54) is 11.8 Å². The SMILES string of the molecule is Nc1cnc(Sc2ncccn2)c(Br)c1. The molecule has 0 radical (unpaired) electrons. The number of rotatable bonds is 2. The molecule has 0 atom stereocenters. The summed E-state index contributed by atoms with van der Waals surface area (Å²) >= 11 is 4.77. The lowest BCUT2D eigenvalue weighted by Gasteiger charge is -2.02. The minimum Gasteiger partial charge on any atom is -0.397 e. The van der Waals surface area contributed by atoms with Crippen molar-refractivity contribution in [3.8, 4) is 0 Å². The zero-order valence-electron chi connectivity index (χ0n) is 7.59. The smallest absolute Gasteiger partial charge is 0.193 e. The Hall–Kier alpha value is -1.14. The zero-order chi connectivity index (χ0) is 10.7. The second kappa shape index (κ2) is 4.59. The van der Waals surface area contributed by atoms with E-state index in [9.17, 15) is 0 Å². The van der Waals surface area contributed by atoms with Crippen LogP contribution in [0.15, 0.2) is 45.4 Å². The number of hydrogen-bond acceptors (Lipinski definition) is 5. The van der Waals surface area contributed by atoms with Gasteiger partial charge in [0.15, 0.2) is 5.16 Å². The Kier molecular flexibility index (Phi) is 3.17. The minimum atomic E-state index is 0.625. The van der Waals surface area contributed by atoms with Gasteiger partial charge in [-0.15, -0.1) is 0 Å². The molecule has 0 amide bonds. The van der Waals surface area contributed by atoms with E-state index in [1.807, 2.05) is 0 Å². The molecule has 2 aromatic rings. The summed E-state index contributed by atoms with van der Waals surface area (Å²) in [6, 6.07) is 3.58. The van der Waals surface area contributed by atoms with Gasteiger partial charge < -0.3 is 5.73 Å². The van der Waals surface area contributed by atoms with Gasteiger partial charge in [0.25, 0.3) is 0 Å². The molecule has 0 aliphatic carbocycles. The first-order valence-corrected chi connectivity index (χ1v) is 5.72. The van der Waals surface area contributed by atoms with Crippen molar-refractivity contribution in [1.82, 2.24) is 15.0 Å². The summed E-state index contributed by atoms with van der Waals surface area (Å²) in [7, 11) is 0. The summed E-state index contributed by atoms with van der Waals surface area (Å²) in [6.07, 6.45) is 5.00. The largest absolute Gasteiger partial charge is 0.397 e. The van der Waals surface area contributed by atoms with Gasteiger partial charge in [-0.2, -0.15) is 0 Å². The van der Waals surface area contributed by atoms with Crippen molar-refractivity contribution in [2.24, 2.45) is 0 Å². The minimum absolute atomic E-state index is 0.625. The summed E-state index contributed by atoms with van der Waals surface area (Å²) in [4.78, 5) is 12.4. The lowest BCUT2D eigenvalue weighted by Crippen LogP contribution is -1.90. The molecule has 0 saturated carbocycles. The van der Waals surface area contributed by atoms with Gasteiger partial charge in [0, 0.05) is 12.4 Å². The molecule has 6 heteroatoms. The predicted octanol–water partition coefficient (Wildman–Crippen LogP) is 2.37. The molecule has 0 fully saturated rings. The molecular weight excluding hydrogens is 276 g/mol. The average molecular weight is 283 g/mol. The van der Waals surface area contributed by atoms with Crippen LogP contribution in [-0.4, -0.2) is 15.0 Å². The molecule has 0 bridgehead atoms. The number of pyridine rings is 1. The molecule has 2 aromatic heterocycles. The van der Waals surface area contributed by atoms with Crippen LogP contribution in [-0.2, 0) is 0 Å². The van der Waals surface area contributed by atoms with E-state index in [0.29, 0.717) is 10.8 Å². The van der Waals surface area contributed by atoms with Gasteiger partial charge in [-0.3, -0.25) is 0 Å². The number of halogens is 1. The highest BCUT2D eigenvalue weighted by Crippen LogP contribution is 2.30. The number of nitrogen functional groups attached to an aromatic ring is 1. The fraction of sp³-hybridized carbons (Fsp3) is 0. The summed E-state index contributed by atoms with van der Waals surface area (Å²) in [6.45, 7) is 0. The summed E-state index contributed by atoms with van der Waals surface area (Å²) in [5, 5.41) is 1.46. The third-order valence-electron chi connectivity index (χ3n) is 1.56. The van der Waals surface area contributed by atoms with Crippen LogP contribution in [0.4, 0.5) is 5.69 Å². The highest BCUT2D eigenvalue weighted by atomic mass is 79.9. The van der Waals surface area contributed by atoms with Crippen LogP contribution in [0.2, 0.25) is 0 Å². The second-order valence-electron chi connectivity index (χ2n) is 2.69. The van der Waals surface area contributed by atoms with Gasteiger partial charge in [0.1, 0.15) is 5.03 Å². The Morgan fingerprint density at radius 1 is 1.20 bits per heavy atom. The van der Waals surface area contributed by atoms with Gasteiger partial charge in [0.2, 0.25) is 0 Å². The standard InChI is InChI=1S/C9H7BrN4S/c10-7-4-6(11)5-14-8(7)15-9-12-2-1-3-13-9/h1-5H,11H2. The quantitative estimate of drug-likeness (QED) is 0.857. The van der Waals surface area contributed by atoms with E-state index < -0.39 is 0 Å². The lowest BCUT2D eigenvalue weighted by molar-refractivity contribution is 0.958. The molecule has 76 valence electrons. The van der Waals surface area contributed by atoms with E-state index in [1.54, 1.807) is 30.7 Å². The molecule has 0 aromatic carbocycles. The lowest BCUT2D eigenvalue weighted by atomic mass is 10.4. The third-order valence-corrected chi connectivity index (χ3v) is 3.34. The zero-order valence-corrected chi connectivity index (χ0v) is 9.99. The van der Waals surface area contributed by atoms with Crippen molar-refractivity contribution in [3.05, 3.63) is 35.2 Å². The Labute approximate surface area is 99.5 Å². The van der Waals surface area contributed by atoms with Crippen LogP contribution in [0.25, 0.3) is 0 Å². The van der Waals surface area contributed by atoms with E-state index in [-0.39, 0.29) is 0 Å². The first-order chi connectivity index (χ1) is 7.25. The monoisotopic (exact) mass is 282 g/mol. The highest BCUT2D eigenvalue weighted by molar-refractivity contribution is 9.10. The maximum Gasteiger partial charge on any atom is 0.193 e. The number of nitrogens with two attached hydrogens (primary N) is 1. The van der Waals surface area contributed by atoms with E-state index in [4.69, 9.17) is 5.73 Å². The molecular formula is C9H7BrN4S. The van der Waals surface area contributed by atoms with Crippen molar-refractivity contribution >= 4 is 33.4 Å². The Bertz CT molecular complexity index is 463.